The third-order valence-electron chi connectivity index (χ3n) is 3.04. The van der Waals surface area contributed by atoms with Crippen molar-refractivity contribution in [2.75, 3.05) is 11.5 Å². The number of rotatable bonds is 2. The molecule has 19 heavy (non-hydrogen) atoms. The van der Waals surface area contributed by atoms with Crippen molar-refractivity contribution in [1.29, 1.82) is 0 Å². The van der Waals surface area contributed by atoms with Crippen molar-refractivity contribution >= 4 is 11.8 Å². The van der Waals surface area contributed by atoms with E-state index in [0.29, 0.717) is 12.2 Å². The van der Waals surface area contributed by atoms with Crippen LogP contribution in [0.3, 0.4) is 0 Å². The number of hydrogen-bond donors (Lipinski definition) is 2. The monoisotopic (exact) mass is 254 g/mol. The first-order valence-corrected chi connectivity index (χ1v) is 6.04. The maximum atomic E-state index is 5.84. The topological polar surface area (TPSA) is 87.0 Å². The summed E-state index contributed by atoms with van der Waals surface area (Å²) in [5.41, 5.74) is 13.3. The molecule has 1 aromatic heterocycles. The van der Waals surface area contributed by atoms with E-state index in [2.05, 4.69) is 22.1 Å². The van der Waals surface area contributed by atoms with Crippen molar-refractivity contribution in [1.82, 2.24) is 9.97 Å². The van der Waals surface area contributed by atoms with E-state index in [-0.39, 0.29) is 5.95 Å². The average Bonchev–Trinajstić information content (AvgIpc) is 2.42. The molecule has 0 saturated carbocycles. The molecule has 2 heterocycles. The highest BCUT2D eigenvalue weighted by molar-refractivity contribution is 5.45. The molecule has 3 rings (SSSR count). The Morgan fingerprint density at radius 2 is 2.05 bits per heavy atom. The van der Waals surface area contributed by atoms with Crippen molar-refractivity contribution in [3.05, 3.63) is 53.4 Å². The van der Waals surface area contributed by atoms with Crippen LogP contribution in [0, 0.1) is 0 Å². The third-order valence-corrected chi connectivity index (χ3v) is 3.04. The summed E-state index contributed by atoms with van der Waals surface area (Å²) in [7, 11) is 0. The van der Waals surface area contributed by atoms with Gasteiger partial charge in [0.05, 0.1) is 0 Å². The van der Waals surface area contributed by atoms with Gasteiger partial charge in [0.25, 0.3) is 0 Å². The molecule has 2 aromatic rings. The van der Waals surface area contributed by atoms with E-state index in [9.17, 15) is 0 Å². The minimum absolute atomic E-state index is 0.185. The summed E-state index contributed by atoms with van der Waals surface area (Å²) < 4.78 is 5.84. The molecule has 96 valence electrons. The molecule has 5 nitrogen and oxygen atoms in total. The Morgan fingerprint density at radius 1 is 1.21 bits per heavy atom. The molecule has 1 aromatic carbocycles. The highest BCUT2D eigenvalue weighted by atomic mass is 16.5. The van der Waals surface area contributed by atoms with Gasteiger partial charge in [-0.25, -0.2) is 4.98 Å². The molecule has 4 N–H and O–H groups in total. The molecular formula is C14H14N4O. The smallest absolute Gasteiger partial charge is 0.221 e. The Hall–Kier alpha value is -2.56. The Balaban J connectivity index is 1.80. The highest BCUT2D eigenvalue weighted by Crippen LogP contribution is 2.27. The summed E-state index contributed by atoms with van der Waals surface area (Å²) in [5.74, 6) is 2.34. The molecule has 0 aliphatic carbocycles. The lowest BCUT2D eigenvalue weighted by molar-refractivity contribution is 0.398. The van der Waals surface area contributed by atoms with Crippen molar-refractivity contribution < 1.29 is 4.74 Å². The number of anilines is 2. The van der Waals surface area contributed by atoms with E-state index in [1.165, 1.54) is 5.56 Å². The van der Waals surface area contributed by atoms with E-state index in [4.69, 9.17) is 16.2 Å². The molecule has 0 spiro atoms. The van der Waals surface area contributed by atoms with Crippen LogP contribution in [0.25, 0.3) is 0 Å². The Labute approximate surface area is 110 Å². The second-order valence-electron chi connectivity index (χ2n) is 4.40. The van der Waals surface area contributed by atoms with Crippen LogP contribution in [-0.2, 0) is 12.8 Å². The number of allylic oxidation sites excluding steroid dienone is 2. The van der Waals surface area contributed by atoms with Gasteiger partial charge in [-0.1, -0.05) is 18.2 Å². The molecule has 0 radical (unpaired) electrons. The zero-order chi connectivity index (χ0) is 13.2. The number of nitrogen functional groups attached to an aromatic ring is 2. The van der Waals surface area contributed by atoms with E-state index in [0.717, 1.165) is 23.5 Å². The van der Waals surface area contributed by atoms with Gasteiger partial charge in [-0.3, -0.25) is 0 Å². The SMILES string of the molecule is Nc1ncc(CC2=CCc3ccccc3O2)c(N)n1. The summed E-state index contributed by atoms with van der Waals surface area (Å²) in [6.07, 6.45) is 5.13. The fraction of sp³-hybridized carbons (Fsp3) is 0.143. The number of nitrogens with two attached hydrogens (primary N) is 2. The van der Waals surface area contributed by atoms with Crippen molar-refractivity contribution in [2.45, 2.75) is 12.8 Å². The molecular weight excluding hydrogens is 240 g/mol. The van der Waals surface area contributed by atoms with Gasteiger partial charge in [0.2, 0.25) is 5.95 Å². The van der Waals surface area contributed by atoms with Gasteiger partial charge in [0.1, 0.15) is 17.3 Å². The number of nitrogens with zero attached hydrogens (tertiary/aromatic N) is 2. The van der Waals surface area contributed by atoms with Crippen LogP contribution >= 0.6 is 0 Å². The van der Waals surface area contributed by atoms with Gasteiger partial charge >= 0.3 is 0 Å². The highest BCUT2D eigenvalue weighted by Gasteiger charge is 2.13. The Bertz CT molecular complexity index is 652. The fourth-order valence-electron chi connectivity index (χ4n) is 2.05. The normalized spacial score (nSPS) is 13.4. The summed E-state index contributed by atoms with van der Waals surface area (Å²) in [6, 6.07) is 7.99. The number of benzene rings is 1. The molecule has 0 fully saturated rings. The second kappa shape index (κ2) is 4.61. The predicted molar refractivity (Wildman–Crippen MR) is 73.4 cm³/mol. The molecule has 0 bridgehead atoms. The van der Waals surface area contributed by atoms with E-state index in [1.807, 2.05) is 18.2 Å². The number of aromatic nitrogens is 2. The van der Waals surface area contributed by atoms with Gasteiger partial charge in [0, 0.05) is 18.2 Å². The zero-order valence-corrected chi connectivity index (χ0v) is 10.3. The Kier molecular flexibility index (Phi) is 2.79. The number of ether oxygens (including phenoxy) is 1. The molecule has 5 heteroatoms. The predicted octanol–water partition coefficient (Wildman–Crippen LogP) is 1.70. The van der Waals surface area contributed by atoms with Crippen LogP contribution < -0.4 is 16.2 Å². The van der Waals surface area contributed by atoms with Crippen LogP contribution in [0.1, 0.15) is 11.1 Å². The minimum atomic E-state index is 0.185. The standard InChI is InChI=1S/C14H14N4O/c15-13-10(8-17-14(16)18-13)7-11-6-5-9-3-1-2-4-12(9)19-11/h1-4,6,8H,5,7H2,(H4,15,16,17,18). The summed E-state index contributed by atoms with van der Waals surface area (Å²) in [4.78, 5) is 7.90. The molecule has 0 amide bonds. The van der Waals surface area contributed by atoms with Gasteiger partial charge in [-0.2, -0.15) is 4.98 Å². The summed E-state index contributed by atoms with van der Waals surface area (Å²) >= 11 is 0. The molecule has 0 unspecified atom stereocenters. The summed E-state index contributed by atoms with van der Waals surface area (Å²) in [6.45, 7) is 0. The van der Waals surface area contributed by atoms with Crippen molar-refractivity contribution in [2.24, 2.45) is 0 Å². The van der Waals surface area contributed by atoms with Crippen LogP contribution in [0.4, 0.5) is 11.8 Å². The van der Waals surface area contributed by atoms with E-state index in [1.54, 1.807) is 6.20 Å². The van der Waals surface area contributed by atoms with E-state index >= 15 is 0 Å². The summed E-state index contributed by atoms with van der Waals surface area (Å²) in [5, 5.41) is 0. The minimum Gasteiger partial charge on any atom is -0.461 e. The first kappa shape index (κ1) is 11.5. The van der Waals surface area contributed by atoms with Gasteiger partial charge < -0.3 is 16.2 Å². The molecule has 0 atom stereocenters. The fourth-order valence-corrected chi connectivity index (χ4v) is 2.05. The van der Waals surface area contributed by atoms with Crippen molar-refractivity contribution in [3.63, 3.8) is 0 Å². The van der Waals surface area contributed by atoms with E-state index < -0.39 is 0 Å². The molecule has 1 aliphatic rings. The van der Waals surface area contributed by atoms with Crippen LogP contribution in [0.15, 0.2) is 42.3 Å². The average molecular weight is 254 g/mol. The number of hydrogen-bond acceptors (Lipinski definition) is 5. The van der Waals surface area contributed by atoms with Crippen molar-refractivity contribution in [3.8, 4) is 5.75 Å². The van der Waals surface area contributed by atoms with Crippen LogP contribution in [-0.4, -0.2) is 9.97 Å². The third kappa shape index (κ3) is 2.35. The van der Waals surface area contributed by atoms with Crippen LogP contribution in [0.2, 0.25) is 0 Å². The first-order valence-electron chi connectivity index (χ1n) is 6.04. The second-order valence-corrected chi connectivity index (χ2v) is 4.40. The number of fused-ring (bicyclic) bond motifs is 1. The maximum absolute atomic E-state index is 5.84. The number of para-hydroxylation sites is 1. The molecule has 0 saturated heterocycles. The largest absolute Gasteiger partial charge is 0.461 e. The first-order chi connectivity index (χ1) is 9.22. The van der Waals surface area contributed by atoms with Gasteiger partial charge in [-0.05, 0) is 24.1 Å². The Morgan fingerprint density at radius 3 is 2.89 bits per heavy atom. The maximum Gasteiger partial charge on any atom is 0.221 e. The van der Waals surface area contributed by atoms with Crippen LogP contribution in [0.5, 0.6) is 5.75 Å². The lowest BCUT2D eigenvalue weighted by Crippen LogP contribution is -2.10. The lowest BCUT2D eigenvalue weighted by atomic mass is 10.1. The lowest BCUT2D eigenvalue weighted by Gasteiger charge is -2.18. The molecule has 1 aliphatic heterocycles. The zero-order valence-electron chi connectivity index (χ0n) is 10.3. The van der Waals surface area contributed by atoms with Gasteiger partial charge in [0.15, 0.2) is 0 Å². The quantitative estimate of drug-likeness (QED) is 0.851. The van der Waals surface area contributed by atoms with Gasteiger partial charge in [-0.15, -0.1) is 0 Å².